The summed E-state index contributed by atoms with van der Waals surface area (Å²) in [5, 5.41) is 0. The van der Waals surface area contributed by atoms with Gasteiger partial charge in [0.15, 0.2) is 12.2 Å². The first-order valence-corrected chi connectivity index (χ1v) is 7.87. The van der Waals surface area contributed by atoms with Gasteiger partial charge >= 0.3 is 11.9 Å². The average Bonchev–Trinajstić information content (AvgIpc) is 2.57. The maximum atomic E-state index is 11.8. The Kier molecular flexibility index (Phi) is 2.77. The van der Waals surface area contributed by atoms with Crippen LogP contribution in [0.3, 0.4) is 0 Å². The van der Waals surface area contributed by atoms with Crippen molar-refractivity contribution in [1.82, 2.24) is 0 Å². The first-order valence-electron chi connectivity index (χ1n) is 7.87. The summed E-state index contributed by atoms with van der Waals surface area (Å²) < 4.78 is 22.6. The third-order valence-electron chi connectivity index (χ3n) is 5.01. The van der Waals surface area contributed by atoms with Gasteiger partial charge < -0.3 is 18.9 Å². The Balaban J connectivity index is 1.60. The Hall–Kier alpha value is -2.76. The quantitative estimate of drug-likeness (QED) is 0.675. The predicted molar refractivity (Wildman–Crippen MR) is 78.9 cm³/mol. The van der Waals surface area contributed by atoms with E-state index in [0.29, 0.717) is 24.7 Å². The number of hydrogen-bond donors (Lipinski definition) is 0. The topological polar surface area (TPSA) is 71.1 Å². The van der Waals surface area contributed by atoms with E-state index in [1.165, 1.54) is 12.2 Å². The molecule has 1 saturated carbocycles. The van der Waals surface area contributed by atoms with E-state index < -0.39 is 24.1 Å². The van der Waals surface area contributed by atoms with Crippen LogP contribution in [0, 0.1) is 11.8 Å². The molecule has 1 fully saturated rings. The van der Waals surface area contributed by atoms with Gasteiger partial charge in [0.05, 0.1) is 24.0 Å². The Bertz CT molecular complexity index is 740. The van der Waals surface area contributed by atoms with Crippen LogP contribution in [-0.4, -0.2) is 24.1 Å². The van der Waals surface area contributed by atoms with Crippen molar-refractivity contribution in [1.29, 1.82) is 0 Å². The highest BCUT2D eigenvalue weighted by molar-refractivity contribution is 5.86. The lowest BCUT2D eigenvalue weighted by Gasteiger charge is -2.53. The normalized spacial score (nSPS) is 33.0. The Morgan fingerprint density at radius 2 is 1.21 bits per heavy atom. The van der Waals surface area contributed by atoms with Crippen molar-refractivity contribution in [3.8, 4) is 0 Å². The van der Waals surface area contributed by atoms with Gasteiger partial charge in [0.2, 0.25) is 0 Å². The van der Waals surface area contributed by atoms with Gasteiger partial charge in [-0.25, -0.2) is 9.59 Å². The van der Waals surface area contributed by atoms with Crippen molar-refractivity contribution in [3.05, 3.63) is 59.1 Å². The molecule has 4 atom stereocenters. The number of benzene rings is 1. The minimum Gasteiger partial charge on any atom is -0.492 e. The van der Waals surface area contributed by atoms with Crippen molar-refractivity contribution in [2.45, 2.75) is 25.4 Å². The zero-order valence-electron chi connectivity index (χ0n) is 12.6. The molecule has 0 N–H and O–H groups in total. The second-order valence-corrected chi connectivity index (χ2v) is 6.29. The third-order valence-corrected chi connectivity index (χ3v) is 5.01. The molecule has 0 amide bonds. The summed E-state index contributed by atoms with van der Waals surface area (Å²) in [5.74, 6) is -0.135. The van der Waals surface area contributed by atoms with Crippen LogP contribution in [0.25, 0.3) is 0 Å². The summed E-state index contributed by atoms with van der Waals surface area (Å²) in [6.45, 7) is 0.718. The van der Waals surface area contributed by atoms with Crippen LogP contribution in [0.4, 0.5) is 0 Å². The first kappa shape index (κ1) is 13.7. The Morgan fingerprint density at radius 3 is 1.67 bits per heavy atom. The molecule has 0 radical (unpaired) electrons. The molecule has 6 nitrogen and oxygen atoms in total. The molecular formula is C18H14O6. The van der Waals surface area contributed by atoms with Gasteiger partial charge in [-0.05, 0) is 11.1 Å². The minimum absolute atomic E-state index is 0.169. The van der Waals surface area contributed by atoms with Gasteiger partial charge in [-0.3, -0.25) is 0 Å². The van der Waals surface area contributed by atoms with Gasteiger partial charge in [0.25, 0.3) is 0 Å². The molecule has 0 saturated heterocycles. The molecule has 6 heteroatoms. The molecule has 4 aliphatic rings. The number of ether oxygens (including phenoxy) is 4. The van der Waals surface area contributed by atoms with Crippen LogP contribution in [0.1, 0.15) is 11.1 Å². The third kappa shape index (κ3) is 1.89. The van der Waals surface area contributed by atoms with E-state index >= 15 is 0 Å². The molecule has 0 aromatic heterocycles. The predicted octanol–water partition coefficient (Wildman–Crippen LogP) is 1.60. The zero-order chi connectivity index (χ0) is 16.3. The fourth-order valence-electron chi connectivity index (χ4n) is 3.83. The van der Waals surface area contributed by atoms with Gasteiger partial charge in [-0.15, -0.1) is 0 Å². The SMILES string of the molecule is O=C1C=C2OCc3ccccc3COC3=CC(=O)OC4C(O1)C2C34. The van der Waals surface area contributed by atoms with Crippen molar-refractivity contribution in [2.75, 3.05) is 0 Å². The number of fused-ring (bicyclic) bond motifs is 2. The van der Waals surface area contributed by atoms with Gasteiger partial charge in [0, 0.05) is 0 Å². The van der Waals surface area contributed by atoms with Crippen LogP contribution in [0.5, 0.6) is 0 Å². The van der Waals surface area contributed by atoms with Crippen LogP contribution in [-0.2, 0) is 41.8 Å². The van der Waals surface area contributed by atoms with Crippen molar-refractivity contribution in [2.24, 2.45) is 11.8 Å². The van der Waals surface area contributed by atoms with E-state index in [1.807, 2.05) is 24.3 Å². The second kappa shape index (κ2) is 4.87. The highest BCUT2D eigenvalue weighted by atomic mass is 16.6. The lowest BCUT2D eigenvalue weighted by molar-refractivity contribution is -0.215. The summed E-state index contributed by atoms with van der Waals surface area (Å²) in [7, 11) is 0. The molecule has 1 aliphatic carbocycles. The number of hydrogen-bond acceptors (Lipinski definition) is 6. The molecule has 24 heavy (non-hydrogen) atoms. The van der Waals surface area contributed by atoms with Crippen molar-refractivity contribution in [3.63, 3.8) is 0 Å². The molecule has 3 aliphatic heterocycles. The maximum Gasteiger partial charge on any atom is 0.334 e. The van der Waals surface area contributed by atoms with Crippen molar-refractivity contribution < 1.29 is 28.5 Å². The molecule has 5 rings (SSSR count). The molecule has 1 aromatic rings. The lowest BCUT2D eigenvalue weighted by Crippen LogP contribution is -2.63. The number of carbonyl (C=O) groups is 2. The van der Waals surface area contributed by atoms with E-state index in [9.17, 15) is 9.59 Å². The highest BCUT2D eigenvalue weighted by Crippen LogP contribution is 2.52. The maximum absolute atomic E-state index is 11.8. The fraction of sp³-hybridized carbons (Fsp3) is 0.333. The number of esters is 2. The highest BCUT2D eigenvalue weighted by Gasteiger charge is 2.63. The largest absolute Gasteiger partial charge is 0.492 e. The van der Waals surface area contributed by atoms with Crippen LogP contribution in [0.2, 0.25) is 0 Å². The average molecular weight is 326 g/mol. The monoisotopic (exact) mass is 326 g/mol. The minimum atomic E-state index is -0.506. The van der Waals surface area contributed by atoms with Crippen molar-refractivity contribution >= 4 is 11.9 Å². The number of rotatable bonds is 0. The fourth-order valence-corrected chi connectivity index (χ4v) is 3.83. The smallest absolute Gasteiger partial charge is 0.334 e. The first-order chi connectivity index (χ1) is 11.7. The van der Waals surface area contributed by atoms with Crippen LogP contribution >= 0.6 is 0 Å². The Morgan fingerprint density at radius 1 is 0.750 bits per heavy atom. The molecular weight excluding hydrogens is 312 g/mol. The molecule has 0 bridgehead atoms. The van der Waals surface area contributed by atoms with E-state index in [1.54, 1.807) is 0 Å². The van der Waals surface area contributed by atoms with E-state index in [0.717, 1.165) is 11.1 Å². The van der Waals surface area contributed by atoms with E-state index in [-0.39, 0.29) is 11.8 Å². The Labute approximate surface area is 137 Å². The summed E-state index contributed by atoms with van der Waals surface area (Å²) >= 11 is 0. The molecule has 0 spiro atoms. The summed E-state index contributed by atoms with van der Waals surface area (Å²) in [6, 6.07) is 7.79. The zero-order valence-corrected chi connectivity index (χ0v) is 12.6. The summed E-state index contributed by atoms with van der Waals surface area (Å²) in [6.07, 6.45) is 1.76. The molecule has 1 aromatic carbocycles. The summed E-state index contributed by atoms with van der Waals surface area (Å²) in [4.78, 5) is 23.7. The lowest BCUT2D eigenvalue weighted by atomic mass is 9.64. The van der Waals surface area contributed by atoms with Gasteiger partial charge in [0.1, 0.15) is 24.7 Å². The van der Waals surface area contributed by atoms with E-state index in [2.05, 4.69) is 0 Å². The molecule has 122 valence electrons. The standard InChI is InChI=1S/C18H14O6/c19-13-5-11-15-16-12(6-14(20)24-18(16)17(15)23-13)22-8-10-4-2-1-3-9(10)7-21-11/h1-6,15-18H,7-8H2. The molecule has 4 unspecified atom stereocenters. The summed E-state index contributed by atoms with van der Waals surface area (Å²) in [5.41, 5.74) is 1.98. The number of carbonyl (C=O) groups excluding carboxylic acids is 2. The van der Waals surface area contributed by atoms with E-state index in [4.69, 9.17) is 18.9 Å². The van der Waals surface area contributed by atoms with Gasteiger partial charge in [-0.1, -0.05) is 24.3 Å². The van der Waals surface area contributed by atoms with Crippen LogP contribution < -0.4 is 0 Å². The molecule has 3 heterocycles. The van der Waals surface area contributed by atoms with Crippen LogP contribution in [0.15, 0.2) is 47.9 Å². The second-order valence-electron chi connectivity index (χ2n) is 6.29. The van der Waals surface area contributed by atoms with Gasteiger partial charge in [-0.2, -0.15) is 0 Å².